The van der Waals surface area contributed by atoms with E-state index in [0.29, 0.717) is 34.8 Å². The Hall–Kier alpha value is -3.60. The van der Waals surface area contributed by atoms with E-state index in [0.717, 1.165) is 18.4 Å². The second-order valence-electron chi connectivity index (χ2n) is 8.19. The molecule has 2 unspecified atom stereocenters. The van der Waals surface area contributed by atoms with Crippen molar-refractivity contribution < 1.29 is 23.8 Å². The normalized spacial score (nSPS) is 12.5. The first-order chi connectivity index (χ1) is 16.5. The van der Waals surface area contributed by atoms with Crippen LogP contribution in [0.15, 0.2) is 72.8 Å². The largest absolute Gasteiger partial charge is 0.497 e. The van der Waals surface area contributed by atoms with Crippen LogP contribution in [0.25, 0.3) is 0 Å². The van der Waals surface area contributed by atoms with Gasteiger partial charge in [0.25, 0.3) is 0 Å². The minimum absolute atomic E-state index is 0.0428. The molecule has 3 aromatic carbocycles. The summed E-state index contributed by atoms with van der Waals surface area (Å²) in [6, 6.07) is 21.6. The molecule has 178 valence electrons. The molecule has 0 fully saturated rings. The van der Waals surface area contributed by atoms with Crippen LogP contribution in [0.1, 0.15) is 58.4 Å². The number of ketones is 2. The summed E-state index contributed by atoms with van der Waals surface area (Å²) in [5.41, 5.74) is 1.91. The van der Waals surface area contributed by atoms with Crippen LogP contribution in [0.3, 0.4) is 0 Å². The minimum atomic E-state index is -0.625. The van der Waals surface area contributed by atoms with Gasteiger partial charge in [-0.15, -0.1) is 0 Å². The molecule has 0 spiro atoms. The van der Waals surface area contributed by atoms with Gasteiger partial charge < -0.3 is 14.2 Å². The van der Waals surface area contributed by atoms with Gasteiger partial charge in [-0.05, 0) is 72.6 Å². The minimum Gasteiger partial charge on any atom is -0.497 e. The molecule has 0 aliphatic rings. The number of carbonyl (C=O) groups excluding carboxylic acids is 2. The lowest BCUT2D eigenvalue weighted by molar-refractivity contribution is 0.0811. The highest BCUT2D eigenvalue weighted by atomic mass is 16.5. The van der Waals surface area contributed by atoms with Gasteiger partial charge >= 0.3 is 0 Å². The molecule has 0 N–H and O–H groups in total. The Kier molecular flexibility index (Phi) is 8.86. The number of ether oxygens (including phenoxy) is 3. The Balaban J connectivity index is 2.07. The first-order valence-electron chi connectivity index (χ1n) is 11.5. The third-order valence-electron chi connectivity index (χ3n) is 6.11. The summed E-state index contributed by atoms with van der Waals surface area (Å²) in [4.78, 5) is 27.7. The standard InChI is InChI=1S/C29H32O5/c1-5-6-7-26(28(30)21-10-16-24(33-3)17-11-21)27(20-8-14-23(32-2)15-9-20)29(31)22-12-18-25(34-4)19-13-22/h8-19,26-27H,5-7H2,1-4H3. The molecular formula is C29H32O5. The van der Waals surface area contributed by atoms with Gasteiger partial charge in [0, 0.05) is 17.0 Å². The van der Waals surface area contributed by atoms with Crippen molar-refractivity contribution in [2.75, 3.05) is 21.3 Å². The summed E-state index contributed by atoms with van der Waals surface area (Å²) in [5.74, 6) is 0.800. The van der Waals surface area contributed by atoms with Crippen molar-refractivity contribution in [3.63, 3.8) is 0 Å². The molecule has 0 amide bonds. The molecule has 0 aliphatic heterocycles. The zero-order valence-corrected chi connectivity index (χ0v) is 20.2. The summed E-state index contributed by atoms with van der Waals surface area (Å²) < 4.78 is 15.8. The van der Waals surface area contributed by atoms with Crippen LogP contribution in [-0.2, 0) is 0 Å². The number of benzene rings is 3. The zero-order chi connectivity index (χ0) is 24.5. The van der Waals surface area contributed by atoms with E-state index in [1.54, 1.807) is 69.9 Å². The Labute approximate surface area is 201 Å². The first-order valence-corrected chi connectivity index (χ1v) is 11.5. The maximum Gasteiger partial charge on any atom is 0.171 e. The molecule has 0 bridgehead atoms. The quantitative estimate of drug-likeness (QED) is 0.294. The number of methoxy groups -OCH3 is 3. The van der Waals surface area contributed by atoms with Crippen molar-refractivity contribution in [1.82, 2.24) is 0 Å². The third-order valence-corrected chi connectivity index (χ3v) is 6.11. The van der Waals surface area contributed by atoms with Gasteiger partial charge in [-0.3, -0.25) is 9.59 Å². The lowest BCUT2D eigenvalue weighted by Crippen LogP contribution is -2.29. The molecule has 0 saturated carbocycles. The molecule has 5 nitrogen and oxygen atoms in total. The Morgan fingerprint density at radius 1 is 0.647 bits per heavy atom. The van der Waals surface area contributed by atoms with Gasteiger partial charge in [0.1, 0.15) is 17.2 Å². The smallest absolute Gasteiger partial charge is 0.171 e. The summed E-state index contributed by atoms with van der Waals surface area (Å²) in [7, 11) is 4.78. The monoisotopic (exact) mass is 460 g/mol. The van der Waals surface area contributed by atoms with Gasteiger partial charge in [-0.2, -0.15) is 0 Å². The van der Waals surface area contributed by atoms with E-state index in [9.17, 15) is 9.59 Å². The second kappa shape index (κ2) is 12.0. The molecule has 5 heteroatoms. The fraction of sp³-hybridized carbons (Fsp3) is 0.310. The summed E-state index contributed by atoms with van der Waals surface area (Å²) in [6.45, 7) is 2.09. The third kappa shape index (κ3) is 5.84. The topological polar surface area (TPSA) is 61.8 Å². The summed E-state index contributed by atoms with van der Waals surface area (Å²) in [6.07, 6.45) is 2.38. The highest BCUT2D eigenvalue weighted by molar-refractivity contribution is 6.07. The van der Waals surface area contributed by atoms with E-state index in [1.807, 2.05) is 24.3 Å². The highest BCUT2D eigenvalue weighted by Crippen LogP contribution is 2.36. The molecule has 3 aromatic rings. The molecule has 2 atom stereocenters. The van der Waals surface area contributed by atoms with Gasteiger partial charge in [0.05, 0.1) is 27.2 Å². The van der Waals surface area contributed by atoms with Gasteiger partial charge in [-0.1, -0.05) is 31.9 Å². The average Bonchev–Trinajstić information content (AvgIpc) is 2.90. The molecular weight excluding hydrogens is 428 g/mol. The van der Waals surface area contributed by atoms with Crippen LogP contribution in [0, 0.1) is 5.92 Å². The van der Waals surface area contributed by atoms with E-state index in [1.165, 1.54) is 0 Å². The molecule has 0 heterocycles. The fourth-order valence-electron chi connectivity index (χ4n) is 4.16. The van der Waals surface area contributed by atoms with Crippen LogP contribution in [0.5, 0.6) is 17.2 Å². The van der Waals surface area contributed by atoms with Crippen LogP contribution >= 0.6 is 0 Å². The summed E-state index contributed by atoms with van der Waals surface area (Å²) >= 11 is 0. The van der Waals surface area contributed by atoms with Crippen LogP contribution in [0.4, 0.5) is 0 Å². The Morgan fingerprint density at radius 3 is 1.47 bits per heavy atom. The van der Waals surface area contributed by atoms with E-state index in [-0.39, 0.29) is 11.6 Å². The molecule has 0 radical (unpaired) electrons. The summed E-state index contributed by atoms with van der Waals surface area (Å²) in [5, 5.41) is 0. The fourth-order valence-corrected chi connectivity index (χ4v) is 4.16. The van der Waals surface area contributed by atoms with Crippen molar-refractivity contribution in [3.8, 4) is 17.2 Å². The first kappa shape index (κ1) is 25.0. The lowest BCUT2D eigenvalue weighted by Gasteiger charge is -2.26. The molecule has 0 saturated heterocycles. The van der Waals surface area contributed by atoms with Crippen LogP contribution < -0.4 is 14.2 Å². The zero-order valence-electron chi connectivity index (χ0n) is 20.2. The predicted octanol–water partition coefficient (Wildman–Crippen LogP) is 6.37. The van der Waals surface area contributed by atoms with E-state index in [2.05, 4.69) is 6.92 Å². The Morgan fingerprint density at radius 2 is 1.06 bits per heavy atom. The number of carbonyl (C=O) groups is 2. The lowest BCUT2D eigenvalue weighted by atomic mass is 9.74. The van der Waals surface area contributed by atoms with Crippen molar-refractivity contribution in [2.24, 2.45) is 5.92 Å². The van der Waals surface area contributed by atoms with Gasteiger partial charge in [0.15, 0.2) is 11.6 Å². The molecule has 0 aromatic heterocycles. The van der Waals surface area contributed by atoms with Gasteiger partial charge in [0.2, 0.25) is 0 Å². The Bertz CT molecular complexity index is 1070. The van der Waals surface area contributed by atoms with E-state index < -0.39 is 11.8 Å². The van der Waals surface area contributed by atoms with E-state index in [4.69, 9.17) is 14.2 Å². The van der Waals surface area contributed by atoms with E-state index >= 15 is 0 Å². The average molecular weight is 461 g/mol. The number of rotatable bonds is 12. The van der Waals surface area contributed by atoms with Crippen LogP contribution in [0.2, 0.25) is 0 Å². The van der Waals surface area contributed by atoms with Crippen molar-refractivity contribution in [2.45, 2.75) is 32.1 Å². The number of hydrogen-bond donors (Lipinski definition) is 0. The molecule has 3 rings (SSSR count). The van der Waals surface area contributed by atoms with Crippen molar-refractivity contribution in [1.29, 1.82) is 0 Å². The maximum atomic E-state index is 13.9. The van der Waals surface area contributed by atoms with Crippen molar-refractivity contribution >= 4 is 11.6 Å². The second-order valence-corrected chi connectivity index (χ2v) is 8.19. The number of Topliss-reactive ketones (excluding diaryl/α,β-unsaturated/α-hetero) is 2. The molecule has 0 aliphatic carbocycles. The van der Waals surface area contributed by atoms with Crippen molar-refractivity contribution in [3.05, 3.63) is 89.5 Å². The van der Waals surface area contributed by atoms with Gasteiger partial charge in [-0.25, -0.2) is 0 Å². The highest BCUT2D eigenvalue weighted by Gasteiger charge is 2.35. The predicted molar refractivity (Wildman–Crippen MR) is 133 cm³/mol. The molecule has 34 heavy (non-hydrogen) atoms. The number of unbranched alkanes of at least 4 members (excludes halogenated alkanes) is 1. The number of hydrogen-bond acceptors (Lipinski definition) is 5. The van der Waals surface area contributed by atoms with Crippen LogP contribution in [-0.4, -0.2) is 32.9 Å². The SMILES string of the molecule is CCCCC(C(=O)c1ccc(OC)cc1)C(C(=O)c1ccc(OC)cc1)c1ccc(OC)cc1. The maximum absolute atomic E-state index is 13.9.